The van der Waals surface area contributed by atoms with Gasteiger partial charge in [-0.1, -0.05) is 29.8 Å². The maximum absolute atomic E-state index is 12.7. The molecule has 0 unspecified atom stereocenters. The number of hydrogen-bond acceptors (Lipinski definition) is 6. The van der Waals surface area contributed by atoms with Crippen LogP contribution in [0.25, 0.3) is 0 Å². The Labute approximate surface area is 205 Å². The highest BCUT2D eigenvalue weighted by molar-refractivity contribution is 7.92. The van der Waals surface area contributed by atoms with Gasteiger partial charge in [0.25, 0.3) is 15.9 Å². The predicted octanol–water partition coefficient (Wildman–Crippen LogP) is 4.23. The number of aryl methyl sites for hydroxylation is 2. The van der Waals surface area contributed by atoms with E-state index in [0.717, 1.165) is 11.1 Å². The van der Waals surface area contributed by atoms with Crippen molar-refractivity contribution in [3.8, 4) is 5.75 Å². The van der Waals surface area contributed by atoms with Crippen molar-refractivity contribution in [3.63, 3.8) is 0 Å². The van der Waals surface area contributed by atoms with E-state index < -0.39 is 10.0 Å². The lowest BCUT2D eigenvalue weighted by Gasteiger charge is -2.13. The molecule has 0 aliphatic rings. The van der Waals surface area contributed by atoms with E-state index in [1.54, 1.807) is 50.2 Å². The molecule has 2 N–H and O–H groups in total. The van der Waals surface area contributed by atoms with Gasteiger partial charge in [0.15, 0.2) is 6.61 Å². The monoisotopic (exact) mass is 496 g/mol. The molecule has 35 heavy (non-hydrogen) atoms. The number of esters is 1. The van der Waals surface area contributed by atoms with Crippen molar-refractivity contribution >= 4 is 33.3 Å². The van der Waals surface area contributed by atoms with Gasteiger partial charge >= 0.3 is 5.97 Å². The fourth-order valence-electron chi connectivity index (χ4n) is 3.21. The maximum atomic E-state index is 12.7. The third-order valence-electron chi connectivity index (χ3n) is 5.01. The zero-order chi connectivity index (χ0) is 25.4. The van der Waals surface area contributed by atoms with Crippen molar-refractivity contribution in [1.82, 2.24) is 0 Å². The Bertz CT molecular complexity index is 1290. The summed E-state index contributed by atoms with van der Waals surface area (Å²) < 4.78 is 38.4. The van der Waals surface area contributed by atoms with Gasteiger partial charge in [-0.15, -0.1) is 0 Å². The van der Waals surface area contributed by atoms with Gasteiger partial charge in [0.05, 0.1) is 17.9 Å². The molecule has 0 heterocycles. The fourth-order valence-corrected chi connectivity index (χ4v) is 4.36. The molecule has 0 spiro atoms. The molecular weight excluding hydrogens is 468 g/mol. The van der Waals surface area contributed by atoms with Crippen LogP contribution in [0.1, 0.15) is 23.6 Å². The summed E-state index contributed by atoms with van der Waals surface area (Å²) in [6.45, 7) is 5.46. The van der Waals surface area contributed by atoms with Crippen LogP contribution in [0.4, 0.5) is 11.4 Å². The normalized spacial score (nSPS) is 10.9. The summed E-state index contributed by atoms with van der Waals surface area (Å²) in [5.74, 6) is -0.280. The van der Waals surface area contributed by atoms with Gasteiger partial charge in [0.1, 0.15) is 5.75 Å². The quantitative estimate of drug-likeness (QED) is 0.407. The van der Waals surface area contributed by atoms with Crippen LogP contribution in [0, 0.1) is 13.8 Å². The smallest absolute Gasteiger partial charge is 0.310 e. The summed E-state index contributed by atoms with van der Waals surface area (Å²) in [5.41, 5.74) is 3.42. The fraction of sp³-hybridized carbons (Fsp3) is 0.231. The second kappa shape index (κ2) is 11.5. The van der Waals surface area contributed by atoms with Crippen molar-refractivity contribution < 1.29 is 27.5 Å². The Hall–Kier alpha value is -3.85. The molecule has 9 heteroatoms. The van der Waals surface area contributed by atoms with Crippen LogP contribution in [0.15, 0.2) is 71.6 Å². The topological polar surface area (TPSA) is 111 Å². The number of amides is 1. The molecule has 3 aromatic carbocycles. The number of carbonyl (C=O) groups is 2. The third-order valence-corrected chi connectivity index (χ3v) is 6.39. The first-order valence-corrected chi connectivity index (χ1v) is 12.5. The summed E-state index contributed by atoms with van der Waals surface area (Å²) in [6, 6.07) is 18.3. The molecule has 0 saturated heterocycles. The Morgan fingerprint density at radius 1 is 0.886 bits per heavy atom. The van der Waals surface area contributed by atoms with Crippen molar-refractivity contribution in [2.24, 2.45) is 0 Å². The Morgan fingerprint density at radius 2 is 1.54 bits per heavy atom. The highest BCUT2D eigenvalue weighted by Crippen LogP contribution is 2.24. The summed E-state index contributed by atoms with van der Waals surface area (Å²) in [6.07, 6.45) is 0.163. The molecule has 0 fully saturated rings. The van der Waals surface area contributed by atoms with Crippen molar-refractivity contribution in [3.05, 3.63) is 83.4 Å². The molecular formula is C26H28N2O6S. The van der Waals surface area contributed by atoms with Crippen LogP contribution in [0.2, 0.25) is 0 Å². The molecule has 0 bridgehead atoms. The second-order valence-electron chi connectivity index (χ2n) is 7.91. The van der Waals surface area contributed by atoms with Gasteiger partial charge in [0, 0.05) is 11.4 Å². The van der Waals surface area contributed by atoms with E-state index in [0.29, 0.717) is 29.3 Å². The van der Waals surface area contributed by atoms with Crippen LogP contribution in [-0.2, 0) is 30.8 Å². The average Bonchev–Trinajstić information content (AvgIpc) is 2.81. The number of hydrogen-bond donors (Lipinski definition) is 2. The van der Waals surface area contributed by atoms with Crippen LogP contribution in [-0.4, -0.2) is 33.5 Å². The predicted molar refractivity (Wildman–Crippen MR) is 134 cm³/mol. The number of sulfonamides is 1. The van der Waals surface area contributed by atoms with Gasteiger partial charge in [-0.3, -0.25) is 14.3 Å². The van der Waals surface area contributed by atoms with Crippen LogP contribution >= 0.6 is 0 Å². The minimum atomic E-state index is -3.77. The number of rotatable bonds is 10. The first-order valence-electron chi connectivity index (χ1n) is 11.0. The lowest BCUT2D eigenvalue weighted by molar-refractivity contribution is -0.142. The van der Waals surface area contributed by atoms with Gasteiger partial charge in [0.2, 0.25) is 0 Å². The zero-order valence-electron chi connectivity index (χ0n) is 19.8. The van der Waals surface area contributed by atoms with E-state index in [4.69, 9.17) is 9.47 Å². The number of carbonyl (C=O) groups excluding carboxylic acids is 2. The van der Waals surface area contributed by atoms with E-state index >= 15 is 0 Å². The van der Waals surface area contributed by atoms with Gasteiger partial charge < -0.3 is 14.8 Å². The second-order valence-corrected chi connectivity index (χ2v) is 9.60. The van der Waals surface area contributed by atoms with E-state index in [-0.39, 0.29) is 29.8 Å². The molecule has 0 radical (unpaired) electrons. The molecule has 0 aliphatic carbocycles. The standard InChI is InChI=1S/C26H28N2O6S/c1-4-33-26(30)16-20-7-11-21(12-8-20)27-25(29)17-34-24-14-13-23(15-19(24)3)35(31,32)28-22-9-5-18(2)6-10-22/h5-15,28H,4,16-17H2,1-3H3,(H,27,29). The molecule has 3 rings (SSSR count). The highest BCUT2D eigenvalue weighted by Gasteiger charge is 2.16. The molecule has 0 atom stereocenters. The minimum Gasteiger partial charge on any atom is -0.483 e. The Balaban J connectivity index is 1.55. The van der Waals surface area contributed by atoms with Crippen molar-refractivity contribution in [1.29, 1.82) is 0 Å². The van der Waals surface area contributed by atoms with Crippen molar-refractivity contribution in [2.75, 3.05) is 23.3 Å². The first-order chi connectivity index (χ1) is 16.7. The molecule has 0 aliphatic heterocycles. The maximum Gasteiger partial charge on any atom is 0.310 e. The molecule has 8 nitrogen and oxygen atoms in total. The highest BCUT2D eigenvalue weighted by atomic mass is 32.2. The molecule has 3 aromatic rings. The first kappa shape index (κ1) is 25.8. The van der Waals surface area contributed by atoms with E-state index in [1.165, 1.54) is 18.2 Å². The van der Waals surface area contributed by atoms with Gasteiger partial charge in [-0.2, -0.15) is 0 Å². The lowest BCUT2D eigenvalue weighted by Crippen LogP contribution is -2.20. The third kappa shape index (κ3) is 7.58. The zero-order valence-corrected chi connectivity index (χ0v) is 20.6. The van der Waals surface area contributed by atoms with E-state index in [1.807, 2.05) is 19.1 Å². The molecule has 184 valence electrons. The van der Waals surface area contributed by atoms with Gasteiger partial charge in [-0.05, 0) is 74.4 Å². The number of nitrogens with one attached hydrogen (secondary N) is 2. The Kier molecular flexibility index (Phi) is 8.48. The van der Waals surface area contributed by atoms with Crippen LogP contribution in [0.3, 0.4) is 0 Å². The minimum absolute atomic E-state index is 0.0929. The number of ether oxygens (including phenoxy) is 2. The van der Waals surface area contributed by atoms with E-state index in [9.17, 15) is 18.0 Å². The largest absolute Gasteiger partial charge is 0.483 e. The summed E-state index contributed by atoms with van der Waals surface area (Å²) >= 11 is 0. The van der Waals surface area contributed by atoms with Crippen LogP contribution in [0.5, 0.6) is 5.75 Å². The van der Waals surface area contributed by atoms with Crippen LogP contribution < -0.4 is 14.8 Å². The Morgan fingerprint density at radius 3 is 2.17 bits per heavy atom. The molecule has 1 amide bonds. The average molecular weight is 497 g/mol. The summed E-state index contributed by atoms with van der Waals surface area (Å²) in [5, 5.41) is 2.72. The SMILES string of the molecule is CCOC(=O)Cc1ccc(NC(=O)COc2ccc(S(=O)(=O)Nc3ccc(C)cc3)cc2C)cc1. The lowest BCUT2D eigenvalue weighted by atomic mass is 10.1. The number of benzene rings is 3. The van der Waals surface area contributed by atoms with Gasteiger partial charge in [-0.25, -0.2) is 8.42 Å². The number of anilines is 2. The molecule has 0 aromatic heterocycles. The van der Waals surface area contributed by atoms with Crippen molar-refractivity contribution in [2.45, 2.75) is 32.1 Å². The summed E-state index contributed by atoms with van der Waals surface area (Å²) in [4.78, 5) is 23.9. The van der Waals surface area contributed by atoms with E-state index in [2.05, 4.69) is 10.0 Å². The molecule has 0 saturated carbocycles. The summed E-state index contributed by atoms with van der Waals surface area (Å²) in [7, 11) is -3.77.